The highest BCUT2D eigenvalue weighted by Gasteiger charge is 2.23. The monoisotopic (exact) mass is 257 g/mol. The molecule has 0 aliphatic heterocycles. The number of nitro groups is 1. The highest BCUT2D eigenvalue weighted by atomic mass is 16.6. The second-order valence-electron chi connectivity index (χ2n) is 3.45. The number of ether oxygens (including phenoxy) is 1. The summed E-state index contributed by atoms with van der Waals surface area (Å²) in [6, 6.07) is 8.88. The Hall–Kier alpha value is -3.14. The van der Waals surface area contributed by atoms with Gasteiger partial charge in [-0.05, 0) is 18.2 Å². The van der Waals surface area contributed by atoms with Crippen LogP contribution in [0, 0.1) is 21.4 Å². The summed E-state index contributed by atoms with van der Waals surface area (Å²) < 4.78 is 5.19. The Morgan fingerprint density at radius 3 is 2.74 bits per heavy atom. The summed E-state index contributed by atoms with van der Waals surface area (Å²) in [7, 11) is 0. The van der Waals surface area contributed by atoms with Crippen molar-refractivity contribution in [2.75, 3.05) is 0 Å². The van der Waals surface area contributed by atoms with Crippen LogP contribution in [-0.4, -0.2) is 15.0 Å². The van der Waals surface area contributed by atoms with E-state index in [-0.39, 0.29) is 22.9 Å². The predicted molar refractivity (Wildman–Crippen MR) is 63.8 cm³/mol. The molecule has 0 spiro atoms. The highest BCUT2D eigenvalue weighted by Crippen LogP contribution is 2.35. The molecule has 0 fully saturated rings. The Morgan fingerprint density at radius 2 is 2.11 bits per heavy atom. The minimum absolute atomic E-state index is 0.0215. The zero-order valence-electron chi connectivity index (χ0n) is 9.48. The molecule has 1 N–H and O–H groups in total. The highest BCUT2D eigenvalue weighted by molar-refractivity contribution is 5.56. The van der Waals surface area contributed by atoms with E-state index in [1.165, 1.54) is 24.4 Å². The van der Waals surface area contributed by atoms with Gasteiger partial charge >= 0.3 is 11.6 Å². The van der Waals surface area contributed by atoms with Crippen molar-refractivity contribution >= 4 is 5.69 Å². The molecule has 94 valence electrons. The van der Waals surface area contributed by atoms with Crippen LogP contribution in [0.1, 0.15) is 5.56 Å². The van der Waals surface area contributed by atoms with Gasteiger partial charge in [0, 0.05) is 6.20 Å². The molecule has 0 saturated heterocycles. The molecule has 2 rings (SSSR count). The molecule has 0 aliphatic carbocycles. The standard InChI is InChI=1S/C12H7N3O4/c13-7-8-5-6-14-12(11(8)15(17)18)19-10-4-2-1-3-9(10)16/h1-6,16H. The Kier molecular flexibility index (Phi) is 3.25. The average molecular weight is 257 g/mol. The average Bonchev–Trinajstić information content (AvgIpc) is 2.40. The molecule has 0 amide bonds. The zero-order valence-corrected chi connectivity index (χ0v) is 9.48. The van der Waals surface area contributed by atoms with Crippen molar-refractivity contribution in [2.24, 2.45) is 0 Å². The van der Waals surface area contributed by atoms with Crippen molar-refractivity contribution in [2.45, 2.75) is 0 Å². The smallest absolute Gasteiger partial charge is 0.348 e. The van der Waals surface area contributed by atoms with Gasteiger partial charge in [0.05, 0.1) is 4.92 Å². The Bertz CT molecular complexity index is 679. The van der Waals surface area contributed by atoms with Crippen molar-refractivity contribution in [3.05, 3.63) is 52.2 Å². The third-order valence-corrected chi connectivity index (χ3v) is 2.27. The van der Waals surface area contributed by atoms with E-state index >= 15 is 0 Å². The number of hydrogen-bond donors (Lipinski definition) is 1. The largest absolute Gasteiger partial charge is 0.504 e. The number of para-hydroxylation sites is 2. The molecular weight excluding hydrogens is 250 g/mol. The molecule has 1 aromatic carbocycles. The van der Waals surface area contributed by atoms with Gasteiger partial charge in [-0.3, -0.25) is 10.1 Å². The van der Waals surface area contributed by atoms with Crippen LogP contribution in [0.5, 0.6) is 17.4 Å². The summed E-state index contributed by atoms with van der Waals surface area (Å²) in [4.78, 5) is 13.9. The third kappa shape index (κ3) is 2.42. The Morgan fingerprint density at radius 1 is 1.37 bits per heavy atom. The quantitative estimate of drug-likeness (QED) is 0.667. The Balaban J connectivity index is 2.50. The SMILES string of the molecule is N#Cc1ccnc(Oc2ccccc2O)c1[N+](=O)[O-]. The first-order valence-corrected chi connectivity index (χ1v) is 5.13. The van der Waals surface area contributed by atoms with Gasteiger partial charge in [0.25, 0.3) is 0 Å². The zero-order chi connectivity index (χ0) is 13.8. The van der Waals surface area contributed by atoms with Crippen molar-refractivity contribution in [1.82, 2.24) is 4.98 Å². The molecule has 2 aromatic rings. The maximum absolute atomic E-state index is 10.9. The van der Waals surface area contributed by atoms with Crippen LogP contribution >= 0.6 is 0 Å². The fourth-order valence-corrected chi connectivity index (χ4v) is 1.42. The Labute approximate surface area is 107 Å². The van der Waals surface area contributed by atoms with Crippen LogP contribution in [0.3, 0.4) is 0 Å². The minimum Gasteiger partial charge on any atom is -0.504 e. The summed E-state index contributed by atoms with van der Waals surface area (Å²) >= 11 is 0. The number of phenols is 1. The van der Waals surface area contributed by atoms with Crippen molar-refractivity contribution in [3.8, 4) is 23.4 Å². The molecule has 7 heteroatoms. The van der Waals surface area contributed by atoms with E-state index in [4.69, 9.17) is 10.00 Å². The summed E-state index contributed by atoms with van der Waals surface area (Å²) in [6.07, 6.45) is 1.22. The third-order valence-electron chi connectivity index (χ3n) is 2.27. The molecule has 0 saturated carbocycles. The van der Waals surface area contributed by atoms with Crippen molar-refractivity contribution in [1.29, 1.82) is 5.26 Å². The molecule has 0 atom stereocenters. The van der Waals surface area contributed by atoms with Crippen molar-refractivity contribution < 1.29 is 14.8 Å². The normalized spacial score (nSPS) is 9.63. The van der Waals surface area contributed by atoms with Crippen LogP contribution in [0.2, 0.25) is 0 Å². The summed E-state index contributed by atoms with van der Waals surface area (Å²) in [6.45, 7) is 0. The van der Waals surface area contributed by atoms with E-state index in [1.54, 1.807) is 18.2 Å². The number of rotatable bonds is 3. The number of aromatic hydroxyl groups is 1. The number of nitriles is 1. The van der Waals surface area contributed by atoms with E-state index in [0.29, 0.717) is 0 Å². The molecule has 0 bridgehead atoms. The number of phenolic OH excluding ortho intramolecular Hbond substituents is 1. The van der Waals surface area contributed by atoms with Gasteiger partial charge < -0.3 is 9.84 Å². The number of pyridine rings is 1. The lowest BCUT2D eigenvalue weighted by Crippen LogP contribution is -1.98. The molecule has 1 aromatic heterocycles. The van der Waals surface area contributed by atoms with Gasteiger partial charge in [0.15, 0.2) is 11.5 Å². The van der Waals surface area contributed by atoms with Crippen LogP contribution in [-0.2, 0) is 0 Å². The molecule has 7 nitrogen and oxygen atoms in total. The fraction of sp³-hybridized carbons (Fsp3) is 0. The summed E-state index contributed by atoms with van der Waals surface area (Å²) in [5.41, 5.74) is -0.696. The van der Waals surface area contributed by atoms with E-state index in [1.807, 2.05) is 0 Å². The number of aromatic nitrogens is 1. The fourth-order valence-electron chi connectivity index (χ4n) is 1.42. The number of nitrogens with zero attached hydrogens (tertiary/aromatic N) is 3. The molecule has 0 radical (unpaired) electrons. The first-order valence-electron chi connectivity index (χ1n) is 5.13. The summed E-state index contributed by atoms with van der Waals surface area (Å²) in [5.74, 6) is -0.500. The first kappa shape index (κ1) is 12.3. The maximum atomic E-state index is 10.9. The summed E-state index contributed by atoms with van der Waals surface area (Å²) in [5, 5.41) is 29.3. The van der Waals surface area contributed by atoms with Gasteiger partial charge in [-0.15, -0.1) is 0 Å². The van der Waals surface area contributed by atoms with E-state index in [2.05, 4.69) is 4.98 Å². The molecule has 19 heavy (non-hydrogen) atoms. The lowest BCUT2D eigenvalue weighted by molar-refractivity contribution is -0.386. The molecule has 0 aliphatic rings. The van der Waals surface area contributed by atoms with E-state index in [0.717, 1.165) is 0 Å². The molecule has 1 heterocycles. The van der Waals surface area contributed by atoms with Gasteiger partial charge in [0.1, 0.15) is 11.6 Å². The number of hydrogen-bond acceptors (Lipinski definition) is 6. The van der Waals surface area contributed by atoms with Gasteiger partial charge in [-0.2, -0.15) is 5.26 Å². The lowest BCUT2D eigenvalue weighted by Gasteiger charge is -2.06. The van der Waals surface area contributed by atoms with E-state index < -0.39 is 10.6 Å². The van der Waals surface area contributed by atoms with Crippen LogP contribution < -0.4 is 4.74 Å². The number of benzene rings is 1. The van der Waals surface area contributed by atoms with Gasteiger partial charge in [-0.25, -0.2) is 4.98 Å². The first-order chi connectivity index (χ1) is 9.13. The maximum Gasteiger partial charge on any atom is 0.348 e. The van der Waals surface area contributed by atoms with Crippen LogP contribution in [0.4, 0.5) is 5.69 Å². The topological polar surface area (TPSA) is 109 Å². The van der Waals surface area contributed by atoms with Crippen LogP contribution in [0.25, 0.3) is 0 Å². The van der Waals surface area contributed by atoms with Crippen molar-refractivity contribution in [3.63, 3.8) is 0 Å². The molecule has 0 unspecified atom stereocenters. The second kappa shape index (κ2) is 5.01. The second-order valence-corrected chi connectivity index (χ2v) is 3.45. The van der Waals surface area contributed by atoms with Gasteiger partial charge in [-0.1, -0.05) is 12.1 Å². The van der Waals surface area contributed by atoms with Crippen LogP contribution in [0.15, 0.2) is 36.5 Å². The lowest BCUT2D eigenvalue weighted by atomic mass is 10.2. The molecular formula is C12H7N3O4. The van der Waals surface area contributed by atoms with Gasteiger partial charge in [0.2, 0.25) is 0 Å². The minimum atomic E-state index is -0.749. The van der Waals surface area contributed by atoms with E-state index in [9.17, 15) is 15.2 Å². The predicted octanol–water partition coefficient (Wildman–Crippen LogP) is 2.36.